The van der Waals surface area contributed by atoms with Crippen LogP contribution < -0.4 is 0 Å². The third kappa shape index (κ3) is 0.850. The summed E-state index contributed by atoms with van der Waals surface area (Å²) >= 11 is 6.40. The van der Waals surface area contributed by atoms with Crippen LogP contribution in [-0.4, -0.2) is 15.9 Å². The number of carbonyl (C=O) groups is 1. The van der Waals surface area contributed by atoms with Gasteiger partial charge in [-0.3, -0.25) is 4.79 Å². The van der Waals surface area contributed by atoms with Crippen LogP contribution in [0.2, 0.25) is 4.34 Å². The third-order valence-corrected chi connectivity index (χ3v) is 1.52. The molecule has 0 aromatic carbocycles. The Labute approximate surface area is 54.5 Å². The van der Waals surface area contributed by atoms with Crippen LogP contribution in [0, 0.1) is 0 Å². The lowest BCUT2D eigenvalue weighted by Gasteiger charge is -1.71. The van der Waals surface area contributed by atoms with Gasteiger partial charge in [-0.15, -0.1) is 5.10 Å². The summed E-state index contributed by atoms with van der Waals surface area (Å²) in [5, 5.41) is 3.40. The third-order valence-electron chi connectivity index (χ3n) is 0.583. The summed E-state index contributed by atoms with van der Waals surface area (Å²) in [6.45, 7) is 0. The van der Waals surface area contributed by atoms with Gasteiger partial charge in [-0.1, -0.05) is 16.1 Å². The summed E-state index contributed by atoms with van der Waals surface area (Å²) in [5.74, 6) is 0. The van der Waals surface area contributed by atoms with E-state index >= 15 is 0 Å². The van der Waals surface area contributed by atoms with Crippen LogP contribution in [-0.2, 0) is 0 Å². The van der Waals surface area contributed by atoms with Crippen LogP contribution in [0.25, 0.3) is 0 Å². The summed E-state index contributed by atoms with van der Waals surface area (Å²) in [7, 11) is 0. The van der Waals surface area contributed by atoms with Gasteiger partial charge in [0, 0.05) is 11.5 Å². The molecule has 0 fully saturated rings. The van der Waals surface area contributed by atoms with Gasteiger partial charge in [0.25, 0.3) is 0 Å². The van der Waals surface area contributed by atoms with E-state index in [2.05, 4.69) is 9.59 Å². The number of rotatable bonds is 1. The molecule has 0 amide bonds. The summed E-state index contributed by atoms with van der Waals surface area (Å²) in [6, 6.07) is 0. The molecule has 0 atom stereocenters. The Hall–Kier alpha value is -0.480. The van der Waals surface area contributed by atoms with E-state index in [4.69, 9.17) is 11.6 Å². The number of nitrogens with zero attached hydrogens (tertiary/aromatic N) is 2. The molecule has 0 spiro atoms. The molecule has 0 bridgehead atoms. The Morgan fingerprint density at radius 3 is 2.75 bits per heavy atom. The second-order valence-corrected chi connectivity index (χ2v) is 2.41. The largest absolute Gasteiger partial charge is 0.296 e. The van der Waals surface area contributed by atoms with Crippen molar-refractivity contribution in [2.24, 2.45) is 0 Å². The number of hydrogen-bond acceptors (Lipinski definition) is 4. The van der Waals surface area contributed by atoms with Crippen molar-refractivity contribution in [1.29, 1.82) is 0 Å². The minimum atomic E-state index is 0.219. The van der Waals surface area contributed by atoms with Crippen molar-refractivity contribution in [1.82, 2.24) is 9.59 Å². The predicted molar refractivity (Wildman–Crippen MR) is 30.3 cm³/mol. The van der Waals surface area contributed by atoms with Gasteiger partial charge >= 0.3 is 0 Å². The van der Waals surface area contributed by atoms with Gasteiger partial charge in [-0.05, 0) is 0 Å². The predicted octanol–water partition coefficient (Wildman–Crippen LogP) is 1.00. The fraction of sp³-hybridized carbons (Fsp3) is 0. The maximum atomic E-state index is 9.91. The molecule has 1 aromatic rings. The molecule has 0 saturated heterocycles. The maximum absolute atomic E-state index is 9.91. The van der Waals surface area contributed by atoms with Crippen molar-refractivity contribution in [3.8, 4) is 0 Å². The highest BCUT2D eigenvalue weighted by Gasteiger charge is 2.00. The van der Waals surface area contributed by atoms with Crippen LogP contribution in [0.5, 0.6) is 0 Å². The molecule has 42 valence electrons. The van der Waals surface area contributed by atoms with Gasteiger partial charge in [-0.2, -0.15) is 0 Å². The average molecular weight is 149 g/mol. The lowest BCUT2D eigenvalue weighted by molar-refractivity contribution is 0.111. The first-order valence-electron chi connectivity index (χ1n) is 1.77. The summed E-state index contributed by atoms with van der Waals surface area (Å²) in [5.41, 5.74) is 0.219. The van der Waals surface area contributed by atoms with Crippen LogP contribution in [0.15, 0.2) is 0 Å². The number of hydrogen-bond donors (Lipinski definition) is 0. The number of carbonyl (C=O) groups excluding carboxylic acids is 1. The SMILES string of the molecule is O=Cc1nnsc1Cl. The topological polar surface area (TPSA) is 42.9 Å². The highest BCUT2D eigenvalue weighted by atomic mass is 35.5. The van der Waals surface area contributed by atoms with E-state index in [1.807, 2.05) is 0 Å². The van der Waals surface area contributed by atoms with Crippen molar-refractivity contribution in [3.63, 3.8) is 0 Å². The Morgan fingerprint density at radius 2 is 2.50 bits per heavy atom. The van der Waals surface area contributed by atoms with Crippen LogP contribution >= 0.6 is 23.1 Å². The molecule has 0 aliphatic heterocycles. The average Bonchev–Trinajstić information content (AvgIpc) is 2.14. The van der Waals surface area contributed by atoms with Crippen LogP contribution in [0.1, 0.15) is 10.5 Å². The molecule has 0 N–H and O–H groups in total. The Bertz CT molecular complexity index is 199. The fourth-order valence-corrected chi connectivity index (χ4v) is 0.814. The molecule has 0 aliphatic rings. The molecule has 0 aliphatic carbocycles. The highest BCUT2D eigenvalue weighted by molar-refractivity contribution is 7.10. The molecule has 8 heavy (non-hydrogen) atoms. The molecule has 0 radical (unpaired) electrons. The number of aromatic nitrogens is 2. The molecule has 0 unspecified atom stereocenters. The van der Waals surface area contributed by atoms with Crippen molar-refractivity contribution in [3.05, 3.63) is 10.0 Å². The monoisotopic (exact) mass is 148 g/mol. The zero-order chi connectivity index (χ0) is 5.98. The lowest BCUT2D eigenvalue weighted by Crippen LogP contribution is -1.77. The number of halogens is 1. The molecule has 5 heteroatoms. The van der Waals surface area contributed by atoms with Crippen molar-refractivity contribution < 1.29 is 4.79 Å². The van der Waals surface area contributed by atoms with E-state index in [9.17, 15) is 4.79 Å². The normalized spacial score (nSPS) is 9.12. The Kier molecular flexibility index (Phi) is 1.55. The summed E-state index contributed by atoms with van der Waals surface area (Å²) in [6.07, 6.45) is 0.575. The van der Waals surface area contributed by atoms with Gasteiger partial charge in [0.1, 0.15) is 4.34 Å². The molecular formula is C3HClN2OS. The standard InChI is InChI=1S/C3HClN2OS/c4-3-2(1-7)5-6-8-3/h1H. The zero-order valence-electron chi connectivity index (χ0n) is 3.67. The minimum Gasteiger partial charge on any atom is -0.296 e. The smallest absolute Gasteiger partial charge is 0.172 e. The first kappa shape index (κ1) is 5.65. The summed E-state index contributed by atoms with van der Waals surface area (Å²) in [4.78, 5) is 9.91. The van der Waals surface area contributed by atoms with Crippen molar-refractivity contribution in [2.45, 2.75) is 0 Å². The minimum absolute atomic E-state index is 0.219. The maximum Gasteiger partial charge on any atom is 0.172 e. The van der Waals surface area contributed by atoms with Gasteiger partial charge in [0.15, 0.2) is 12.0 Å². The van der Waals surface area contributed by atoms with E-state index in [-0.39, 0.29) is 5.69 Å². The van der Waals surface area contributed by atoms with Crippen LogP contribution in [0.3, 0.4) is 0 Å². The fourth-order valence-electron chi connectivity index (χ4n) is 0.256. The van der Waals surface area contributed by atoms with Crippen LogP contribution in [0.4, 0.5) is 0 Å². The Morgan fingerprint density at radius 1 is 1.75 bits per heavy atom. The van der Waals surface area contributed by atoms with E-state index in [0.29, 0.717) is 10.6 Å². The Balaban J connectivity index is 3.09. The first-order valence-corrected chi connectivity index (χ1v) is 2.93. The number of aldehydes is 1. The second-order valence-electron chi connectivity index (χ2n) is 1.05. The quantitative estimate of drug-likeness (QED) is 0.558. The van der Waals surface area contributed by atoms with E-state index in [1.165, 1.54) is 0 Å². The molecule has 0 saturated carbocycles. The highest BCUT2D eigenvalue weighted by Crippen LogP contribution is 2.14. The van der Waals surface area contributed by atoms with Gasteiger partial charge in [0.2, 0.25) is 0 Å². The second kappa shape index (κ2) is 2.19. The molecule has 3 nitrogen and oxygen atoms in total. The molecule has 1 rings (SSSR count). The van der Waals surface area contributed by atoms with E-state index in [0.717, 1.165) is 11.5 Å². The summed E-state index contributed by atoms with van der Waals surface area (Å²) < 4.78 is 3.77. The molecule has 1 aromatic heterocycles. The molecule has 1 heterocycles. The van der Waals surface area contributed by atoms with Gasteiger partial charge in [-0.25, -0.2) is 0 Å². The molecular weight excluding hydrogens is 148 g/mol. The van der Waals surface area contributed by atoms with Crippen molar-refractivity contribution in [2.75, 3.05) is 0 Å². The first-order chi connectivity index (χ1) is 3.84. The van der Waals surface area contributed by atoms with Gasteiger partial charge < -0.3 is 0 Å². The van der Waals surface area contributed by atoms with E-state index < -0.39 is 0 Å². The zero-order valence-corrected chi connectivity index (χ0v) is 5.24. The van der Waals surface area contributed by atoms with Crippen molar-refractivity contribution >= 4 is 29.4 Å². The lowest BCUT2D eigenvalue weighted by atomic mass is 10.6. The van der Waals surface area contributed by atoms with E-state index in [1.54, 1.807) is 0 Å². The van der Waals surface area contributed by atoms with Gasteiger partial charge in [0.05, 0.1) is 0 Å².